The zero-order chi connectivity index (χ0) is 16.6. The number of hydrogen-bond acceptors (Lipinski definition) is 3. The Hall–Kier alpha value is -1.86. The van der Waals surface area contributed by atoms with E-state index in [1.807, 2.05) is 0 Å². The van der Waals surface area contributed by atoms with Crippen LogP contribution in [0.15, 0.2) is 23.0 Å². The number of ether oxygens (including phenoxy) is 1. The van der Waals surface area contributed by atoms with Crippen LogP contribution in [0.4, 0.5) is 13.2 Å². The summed E-state index contributed by atoms with van der Waals surface area (Å²) in [5.74, 6) is 0. The number of aromatic nitrogens is 1. The molecule has 0 aliphatic carbocycles. The first-order valence-corrected chi connectivity index (χ1v) is 7.39. The number of H-pyrrole nitrogens is 1. The van der Waals surface area contributed by atoms with Crippen molar-refractivity contribution in [3.63, 3.8) is 0 Å². The molecule has 1 fully saturated rings. The SMILES string of the molecule is Cc1[nH]c2cc(C(F)(F)F)ccc2c(=O)c1CN1CCOCC1. The molecule has 1 aliphatic heterocycles. The molecule has 0 spiro atoms. The molecule has 0 atom stereocenters. The molecular weight excluding hydrogens is 309 g/mol. The molecule has 1 N–H and O–H groups in total. The van der Waals surface area contributed by atoms with Gasteiger partial charge in [0, 0.05) is 36.3 Å². The van der Waals surface area contributed by atoms with Gasteiger partial charge in [-0.05, 0) is 25.1 Å². The Labute approximate surface area is 130 Å². The van der Waals surface area contributed by atoms with Crippen molar-refractivity contribution in [2.45, 2.75) is 19.6 Å². The van der Waals surface area contributed by atoms with E-state index < -0.39 is 11.7 Å². The maximum atomic E-state index is 12.8. The second-order valence-corrected chi connectivity index (χ2v) is 5.70. The van der Waals surface area contributed by atoms with Crippen molar-refractivity contribution in [2.75, 3.05) is 26.3 Å². The van der Waals surface area contributed by atoms with Gasteiger partial charge in [0.15, 0.2) is 5.43 Å². The van der Waals surface area contributed by atoms with Crippen molar-refractivity contribution < 1.29 is 17.9 Å². The topological polar surface area (TPSA) is 45.3 Å². The second-order valence-electron chi connectivity index (χ2n) is 5.70. The van der Waals surface area contributed by atoms with Crippen molar-refractivity contribution >= 4 is 10.9 Å². The quantitative estimate of drug-likeness (QED) is 0.923. The van der Waals surface area contributed by atoms with Crippen LogP contribution in [0.2, 0.25) is 0 Å². The number of nitrogens with zero attached hydrogens (tertiary/aromatic N) is 1. The third-order valence-electron chi connectivity index (χ3n) is 4.13. The van der Waals surface area contributed by atoms with E-state index in [0.29, 0.717) is 31.0 Å². The van der Waals surface area contributed by atoms with Crippen molar-refractivity contribution in [3.05, 3.63) is 45.2 Å². The average molecular weight is 326 g/mol. The Kier molecular flexibility index (Phi) is 4.16. The van der Waals surface area contributed by atoms with Gasteiger partial charge in [-0.2, -0.15) is 13.2 Å². The van der Waals surface area contributed by atoms with Gasteiger partial charge in [-0.1, -0.05) is 0 Å². The van der Waals surface area contributed by atoms with Crippen molar-refractivity contribution in [3.8, 4) is 0 Å². The number of benzene rings is 1. The molecule has 23 heavy (non-hydrogen) atoms. The van der Waals surface area contributed by atoms with Gasteiger partial charge in [0.2, 0.25) is 0 Å². The number of hydrogen-bond donors (Lipinski definition) is 1. The molecule has 1 aromatic carbocycles. The van der Waals surface area contributed by atoms with E-state index in [9.17, 15) is 18.0 Å². The zero-order valence-electron chi connectivity index (χ0n) is 12.7. The standard InChI is InChI=1S/C16H17F3N2O2/c1-10-13(9-21-4-6-23-7-5-21)15(22)12-3-2-11(16(17,18)19)8-14(12)20-10/h2-3,8H,4-7,9H2,1H3,(H,20,22). The van der Waals surface area contributed by atoms with Gasteiger partial charge in [-0.3, -0.25) is 9.69 Å². The Morgan fingerprint density at radius 1 is 1.26 bits per heavy atom. The molecule has 2 heterocycles. The molecule has 3 rings (SSSR count). The lowest BCUT2D eigenvalue weighted by molar-refractivity contribution is -0.137. The molecule has 0 saturated carbocycles. The van der Waals surface area contributed by atoms with Gasteiger partial charge in [0.1, 0.15) is 0 Å². The van der Waals surface area contributed by atoms with E-state index in [0.717, 1.165) is 25.2 Å². The highest BCUT2D eigenvalue weighted by Gasteiger charge is 2.30. The van der Waals surface area contributed by atoms with E-state index in [1.54, 1.807) is 6.92 Å². The highest BCUT2D eigenvalue weighted by Crippen LogP contribution is 2.30. The van der Waals surface area contributed by atoms with Crippen molar-refractivity contribution in [1.82, 2.24) is 9.88 Å². The van der Waals surface area contributed by atoms with E-state index in [1.165, 1.54) is 6.07 Å². The number of pyridine rings is 1. The molecule has 1 aliphatic rings. The number of aryl methyl sites for hydroxylation is 1. The fraction of sp³-hybridized carbons (Fsp3) is 0.438. The van der Waals surface area contributed by atoms with Gasteiger partial charge >= 0.3 is 6.18 Å². The summed E-state index contributed by atoms with van der Waals surface area (Å²) in [5.41, 5.74) is 0.443. The third kappa shape index (κ3) is 3.25. The number of aromatic amines is 1. The molecule has 7 heteroatoms. The van der Waals surface area contributed by atoms with Crippen LogP contribution in [0.3, 0.4) is 0 Å². The highest BCUT2D eigenvalue weighted by atomic mass is 19.4. The van der Waals surface area contributed by atoms with Crippen LogP contribution in [0.1, 0.15) is 16.8 Å². The Morgan fingerprint density at radius 2 is 1.96 bits per heavy atom. The summed E-state index contributed by atoms with van der Waals surface area (Å²) in [7, 11) is 0. The Morgan fingerprint density at radius 3 is 2.61 bits per heavy atom. The van der Waals surface area contributed by atoms with Gasteiger partial charge in [0.05, 0.1) is 24.3 Å². The molecule has 0 amide bonds. The summed E-state index contributed by atoms with van der Waals surface area (Å²) >= 11 is 0. The first-order chi connectivity index (χ1) is 10.9. The molecule has 2 aromatic rings. The van der Waals surface area contributed by atoms with Gasteiger partial charge in [0.25, 0.3) is 0 Å². The number of rotatable bonds is 2. The highest BCUT2D eigenvalue weighted by molar-refractivity contribution is 5.80. The fourth-order valence-electron chi connectivity index (χ4n) is 2.81. The van der Waals surface area contributed by atoms with E-state index in [2.05, 4.69) is 9.88 Å². The van der Waals surface area contributed by atoms with Crippen LogP contribution in [0.25, 0.3) is 10.9 Å². The largest absolute Gasteiger partial charge is 0.416 e. The third-order valence-corrected chi connectivity index (χ3v) is 4.13. The van der Waals surface area contributed by atoms with Gasteiger partial charge in [-0.15, -0.1) is 0 Å². The van der Waals surface area contributed by atoms with Crippen molar-refractivity contribution in [1.29, 1.82) is 0 Å². The minimum atomic E-state index is -4.43. The maximum Gasteiger partial charge on any atom is 0.416 e. The van der Waals surface area contributed by atoms with Crippen LogP contribution in [-0.2, 0) is 17.5 Å². The molecule has 124 valence electrons. The molecule has 1 aromatic heterocycles. The minimum Gasteiger partial charge on any atom is -0.379 e. The number of fused-ring (bicyclic) bond motifs is 1. The lowest BCUT2D eigenvalue weighted by Crippen LogP contribution is -2.37. The summed E-state index contributed by atoms with van der Waals surface area (Å²) in [5, 5.41) is 0.284. The molecule has 1 saturated heterocycles. The number of alkyl halides is 3. The summed E-state index contributed by atoms with van der Waals surface area (Å²) < 4.78 is 43.7. The van der Waals surface area contributed by atoms with Crippen LogP contribution in [0.5, 0.6) is 0 Å². The van der Waals surface area contributed by atoms with Crippen molar-refractivity contribution in [2.24, 2.45) is 0 Å². The normalized spacial score (nSPS) is 16.9. The summed E-state index contributed by atoms with van der Waals surface area (Å²) in [6, 6.07) is 3.19. The minimum absolute atomic E-state index is 0.212. The van der Waals surface area contributed by atoms with E-state index >= 15 is 0 Å². The lowest BCUT2D eigenvalue weighted by atomic mass is 10.1. The molecule has 0 radical (unpaired) electrons. The number of nitrogens with one attached hydrogen (secondary N) is 1. The smallest absolute Gasteiger partial charge is 0.379 e. The first-order valence-electron chi connectivity index (χ1n) is 7.39. The summed E-state index contributed by atoms with van der Waals surface area (Å²) in [6.45, 7) is 4.92. The summed E-state index contributed by atoms with van der Waals surface area (Å²) in [4.78, 5) is 17.7. The molecule has 0 unspecified atom stereocenters. The average Bonchev–Trinajstić information content (AvgIpc) is 2.51. The second kappa shape index (κ2) is 5.98. The maximum absolute atomic E-state index is 12.8. The molecule has 0 bridgehead atoms. The van der Waals surface area contributed by atoms with Gasteiger partial charge in [-0.25, -0.2) is 0 Å². The summed E-state index contributed by atoms with van der Waals surface area (Å²) in [6.07, 6.45) is -4.43. The predicted octanol–water partition coefficient (Wildman–Crippen LogP) is 2.69. The zero-order valence-corrected chi connectivity index (χ0v) is 12.7. The van der Waals surface area contributed by atoms with E-state index in [4.69, 9.17) is 4.74 Å². The lowest BCUT2D eigenvalue weighted by Gasteiger charge is -2.27. The fourth-order valence-corrected chi connectivity index (χ4v) is 2.81. The van der Waals surface area contributed by atoms with Crippen LogP contribution < -0.4 is 5.43 Å². The Bertz CT molecular complexity index is 777. The van der Waals surface area contributed by atoms with E-state index in [-0.39, 0.29) is 16.3 Å². The van der Waals surface area contributed by atoms with Crippen LogP contribution >= 0.6 is 0 Å². The van der Waals surface area contributed by atoms with Crippen LogP contribution in [0, 0.1) is 6.92 Å². The number of halogens is 3. The molecule has 4 nitrogen and oxygen atoms in total. The predicted molar refractivity (Wildman–Crippen MR) is 80.4 cm³/mol. The van der Waals surface area contributed by atoms with Gasteiger partial charge < -0.3 is 9.72 Å². The Balaban J connectivity index is 2.02. The molecular formula is C16H17F3N2O2. The van der Waals surface area contributed by atoms with Crippen LogP contribution in [-0.4, -0.2) is 36.2 Å². The number of morpholine rings is 1. The first kappa shape index (κ1) is 16.0. The monoisotopic (exact) mass is 326 g/mol.